The standard InChI is InChI=1S/C20H23F3N8O2/c1-10-15-16(31(2)19(17(32)29-15)3-4-33-9-19)30-18(26-10)28-12-5-11(6-12)27-14-8-24-13(7-25-14)20(21,22)23/h7-8,11-12H,3-6,9H2,1-2H3,(H,25,27)(H,29,32)(H,26,28,30). The van der Waals surface area contributed by atoms with Gasteiger partial charge in [-0.25, -0.2) is 15.0 Å². The van der Waals surface area contributed by atoms with Crippen molar-refractivity contribution in [1.82, 2.24) is 19.9 Å². The van der Waals surface area contributed by atoms with Crippen LogP contribution in [0.4, 0.5) is 36.4 Å². The molecular weight excluding hydrogens is 441 g/mol. The van der Waals surface area contributed by atoms with Gasteiger partial charge in [-0.3, -0.25) is 4.79 Å². The van der Waals surface area contributed by atoms with Gasteiger partial charge in [0.1, 0.15) is 17.0 Å². The predicted octanol–water partition coefficient (Wildman–Crippen LogP) is 2.20. The predicted molar refractivity (Wildman–Crippen MR) is 113 cm³/mol. The van der Waals surface area contributed by atoms with E-state index in [0.717, 1.165) is 12.4 Å². The van der Waals surface area contributed by atoms with E-state index in [9.17, 15) is 18.0 Å². The van der Waals surface area contributed by atoms with Crippen LogP contribution in [0.1, 0.15) is 30.7 Å². The lowest BCUT2D eigenvalue weighted by Gasteiger charge is -2.42. The highest BCUT2D eigenvalue weighted by Gasteiger charge is 2.50. The average Bonchev–Trinajstić information content (AvgIpc) is 3.23. The Morgan fingerprint density at radius 1 is 1.18 bits per heavy atom. The van der Waals surface area contributed by atoms with Crippen molar-refractivity contribution >= 4 is 29.2 Å². The second kappa shape index (κ2) is 7.68. The fourth-order valence-corrected chi connectivity index (χ4v) is 4.39. The molecule has 1 spiro atoms. The van der Waals surface area contributed by atoms with Gasteiger partial charge in [0.25, 0.3) is 5.91 Å². The Morgan fingerprint density at radius 3 is 2.58 bits per heavy atom. The van der Waals surface area contributed by atoms with E-state index in [-0.39, 0.29) is 18.0 Å². The van der Waals surface area contributed by atoms with Crippen LogP contribution in [0.2, 0.25) is 0 Å². The highest BCUT2D eigenvalue weighted by Crippen LogP contribution is 2.40. The van der Waals surface area contributed by atoms with Gasteiger partial charge in [0, 0.05) is 32.2 Å². The molecule has 2 aromatic heterocycles. The summed E-state index contributed by atoms with van der Waals surface area (Å²) in [7, 11) is 1.84. The number of fused-ring (bicyclic) bond motifs is 1. The fourth-order valence-electron chi connectivity index (χ4n) is 4.39. The number of ether oxygens (including phenoxy) is 1. The molecule has 13 heteroatoms. The first-order valence-electron chi connectivity index (χ1n) is 10.6. The Hall–Kier alpha value is -3.22. The van der Waals surface area contributed by atoms with Crippen LogP contribution in [-0.2, 0) is 15.7 Å². The molecule has 2 aromatic rings. The van der Waals surface area contributed by atoms with Crippen LogP contribution in [0, 0.1) is 6.92 Å². The largest absolute Gasteiger partial charge is 0.434 e. The Morgan fingerprint density at radius 2 is 1.94 bits per heavy atom. The lowest BCUT2D eigenvalue weighted by atomic mass is 9.87. The molecule has 3 aliphatic rings. The fraction of sp³-hybridized carbons (Fsp3) is 0.550. The summed E-state index contributed by atoms with van der Waals surface area (Å²) in [4.78, 5) is 31.0. The van der Waals surface area contributed by atoms with Crippen LogP contribution in [0.3, 0.4) is 0 Å². The molecule has 2 fully saturated rings. The molecule has 1 saturated carbocycles. The normalized spacial score (nSPS) is 26.6. The molecular formula is C20H23F3N8O2. The summed E-state index contributed by atoms with van der Waals surface area (Å²) >= 11 is 0. The minimum absolute atomic E-state index is 0.0492. The molecule has 1 amide bonds. The Labute approximate surface area is 187 Å². The highest BCUT2D eigenvalue weighted by molar-refractivity contribution is 6.06. The number of nitrogens with one attached hydrogen (secondary N) is 3. The number of aromatic nitrogens is 4. The zero-order chi connectivity index (χ0) is 23.4. The number of rotatable bonds is 4. The van der Waals surface area contributed by atoms with Crippen molar-refractivity contribution < 1.29 is 22.7 Å². The van der Waals surface area contributed by atoms with Crippen molar-refractivity contribution in [3.63, 3.8) is 0 Å². The van der Waals surface area contributed by atoms with Crippen LogP contribution in [0.25, 0.3) is 0 Å². The van der Waals surface area contributed by atoms with Crippen molar-refractivity contribution in [2.75, 3.05) is 41.1 Å². The van der Waals surface area contributed by atoms with Crippen molar-refractivity contribution in [2.45, 2.75) is 50.0 Å². The van der Waals surface area contributed by atoms with E-state index in [1.807, 2.05) is 18.9 Å². The number of carbonyl (C=O) groups is 1. The maximum absolute atomic E-state index is 12.7. The number of carbonyl (C=O) groups excluding carboxylic acids is 1. The third kappa shape index (κ3) is 3.79. The van der Waals surface area contributed by atoms with Crippen molar-refractivity contribution in [1.29, 1.82) is 0 Å². The van der Waals surface area contributed by atoms with Crippen LogP contribution >= 0.6 is 0 Å². The average molecular weight is 464 g/mol. The Bertz CT molecular complexity index is 1070. The molecule has 3 N–H and O–H groups in total. The van der Waals surface area contributed by atoms with Crippen LogP contribution < -0.4 is 20.9 Å². The minimum atomic E-state index is -4.51. The molecule has 1 unspecified atom stereocenters. The zero-order valence-corrected chi connectivity index (χ0v) is 18.0. The summed E-state index contributed by atoms with van der Waals surface area (Å²) in [6, 6.07) is 0.141. The van der Waals surface area contributed by atoms with Gasteiger partial charge in [-0.15, -0.1) is 0 Å². The summed E-state index contributed by atoms with van der Waals surface area (Å²) in [5.41, 5.74) is -0.530. The number of aryl methyl sites for hydroxylation is 1. The van der Waals surface area contributed by atoms with E-state index in [2.05, 4.69) is 35.9 Å². The van der Waals surface area contributed by atoms with Gasteiger partial charge in [0.05, 0.1) is 24.7 Å². The third-order valence-electron chi connectivity index (χ3n) is 6.46. The van der Waals surface area contributed by atoms with Crippen LogP contribution in [0.5, 0.6) is 0 Å². The van der Waals surface area contributed by atoms with Gasteiger partial charge in [0.2, 0.25) is 5.95 Å². The van der Waals surface area contributed by atoms with Crippen LogP contribution in [0.15, 0.2) is 12.4 Å². The maximum atomic E-state index is 12.7. The minimum Gasteiger partial charge on any atom is -0.378 e. The quantitative estimate of drug-likeness (QED) is 0.626. The lowest BCUT2D eigenvalue weighted by Crippen LogP contribution is -2.59. The van der Waals surface area contributed by atoms with Crippen molar-refractivity contribution in [3.05, 3.63) is 23.8 Å². The molecule has 176 valence electrons. The number of nitrogens with zero attached hydrogens (tertiary/aromatic N) is 5. The summed E-state index contributed by atoms with van der Waals surface area (Å²) in [5.74, 6) is 1.29. The number of anilines is 4. The van der Waals surface area contributed by atoms with Gasteiger partial charge in [-0.1, -0.05) is 0 Å². The SMILES string of the molecule is Cc1nc(NC2CC(Nc3cnc(C(F)(F)F)cn3)C2)nc2c1NC(=O)C1(CCOC1)N2C. The van der Waals surface area contributed by atoms with Gasteiger partial charge in [-0.05, 0) is 19.8 Å². The van der Waals surface area contributed by atoms with E-state index in [1.165, 1.54) is 0 Å². The molecule has 1 saturated heterocycles. The topological polar surface area (TPSA) is 117 Å². The number of hydrogen-bond acceptors (Lipinski definition) is 9. The Balaban J connectivity index is 1.23. The molecule has 4 heterocycles. The van der Waals surface area contributed by atoms with E-state index in [0.29, 0.717) is 61.4 Å². The van der Waals surface area contributed by atoms with Gasteiger partial charge < -0.3 is 25.6 Å². The smallest absolute Gasteiger partial charge is 0.378 e. The van der Waals surface area contributed by atoms with E-state index in [1.54, 1.807) is 0 Å². The summed E-state index contributed by atoms with van der Waals surface area (Å²) < 4.78 is 43.3. The molecule has 2 aliphatic heterocycles. The van der Waals surface area contributed by atoms with E-state index < -0.39 is 17.4 Å². The number of alkyl halides is 3. The summed E-state index contributed by atoms with van der Waals surface area (Å²) in [6.07, 6.45) is -0.683. The molecule has 10 nitrogen and oxygen atoms in total. The highest BCUT2D eigenvalue weighted by atomic mass is 19.4. The molecule has 0 radical (unpaired) electrons. The maximum Gasteiger partial charge on any atom is 0.434 e. The second-order valence-electron chi connectivity index (χ2n) is 8.62. The van der Waals surface area contributed by atoms with Crippen molar-refractivity contribution in [3.8, 4) is 0 Å². The first kappa shape index (κ1) is 21.6. The zero-order valence-electron chi connectivity index (χ0n) is 18.0. The lowest BCUT2D eigenvalue weighted by molar-refractivity contribution is -0.141. The molecule has 33 heavy (non-hydrogen) atoms. The Kier molecular flexibility index (Phi) is 5.03. The number of amides is 1. The van der Waals surface area contributed by atoms with Crippen LogP contribution in [-0.4, -0.2) is 63.7 Å². The van der Waals surface area contributed by atoms with E-state index in [4.69, 9.17) is 4.74 Å². The molecule has 1 aliphatic carbocycles. The molecule has 5 rings (SSSR count). The van der Waals surface area contributed by atoms with Gasteiger partial charge in [-0.2, -0.15) is 18.2 Å². The summed E-state index contributed by atoms with van der Waals surface area (Å²) in [5, 5.41) is 9.34. The van der Waals surface area contributed by atoms with Gasteiger partial charge in [0.15, 0.2) is 11.5 Å². The number of hydrogen-bond donors (Lipinski definition) is 3. The molecule has 1 atom stereocenters. The second-order valence-corrected chi connectivity index (χ2v) is 8.62. The van der Waals surface area contributed by atoms with Crippen molar-refractivity contribution in [2.24, 2.45) is 0 Å². The number of halogens is 3. The molecule has 0 bridgehead atoms. The monoisotopic (exact) mass is 464 g/mol. The first-order chi connectivity index (χ1) is 15.7. The van der Waals surface area contributed by atoms with Gasteiger partial charge >= 0.3 is 6.18 Å². The molecule has 0 aromatic carbocycles. The third-order valence-corrected chi connectivity index (χ3v) is 6.46. The van der Waals surface area contributed by atoms with E-state index >= 15 is 0 Å². The summed E-state index contributed by atoms with van der Waals surface area (Å²) in [6.45, 7) is 2.64. The first-order valence-corrected chi connectivity index (χ1v) is 10.6. The number of likely N-dealkylation sites (N-methyl/N-ethyl adjacent to an activating group) is 1.